The lowest BCUT2D eigenvalue weighted by Crippen LogP contribution is -2.20. The molecule has 0 aliphatic carbocycles. The van der Waals surface area contributed by atoms with E-state index in [-0.39, 0.29) is 11.8 Å². The number of halogens is 1. The molecule has 0 saturated heterocycles. The van der Waals surface area contributed by atoms with Crippen LogP contribution in [0, 0.1) is 13.8 Å². The Morgan fingerprint density at radius 1 is 1.04 bits per heavy atom. The summed E-state index contributed by atoms with van der Waals surface area (Å²) in [4.78, 5) is 24.5. The molecule has 28 heavy (non-hydrogen) atoms. The fourth-order valence-electron chi connectivity index (χ4n) is 2.81. The number of amides is 2. The monoisotopic (exact) mass is 396 g/mol. The van der Waals surface area contributed by atoms with Crippen LogP contribution in [0.15, 0.2) is 54.6 Å². The quantitative estimate of drug-likeness (QED) is 0.631. The first-order valence-corrected chi connectivity index (χ1v) is 9.28. The Kier molecular flexibility index (Phi) is 5.80. The number of alkyl halides is 1. The standard InChI is InChI=1S/C21H21ClN4O2/c1-13(22)20(27)23-17-9-7-8-16(12-17)21(28)24-19-14(2)25-26(15(19)3)18-10-5-4-6-11-18/h4-13H,1-3H3,(H,23,27)(H,24,28)/t13-/m0/s1. The maximum absolute atomic E-state index is 12.7. The highest BCUT2D eigenvalue weighted by molar-refractivity contribution is 6.32. The maximum Gasteiger partial charge on any atom is 0.255 e. The molecule has 0 aliphatic rings. The van der Waals surface area contributed by atoms with Crippen molar-refractivity contribution in [2.24, 2.45) is 0 Å². The van der Waals surface area contributed by atoms with E-state index in [1.807, 2.05) is 44.2 Å². The van der Waals surface area contributed by atoms with Crippen LogP contribution in [0.2, 0.25) is 0 Å². The molecule has 3 aromatic rings. The Labute approximate surface area is 168 Å². The van der Waals surface area contributed by atoms with Crippen molar-refractivity contribution < 1.29 is 9.59 Å². The predicted molar refractivity (Wildman–Crippen MR) is 111 cm³/mol. The van der Waals surface area contributed by atoms with E-state index in [9.17, 15) is 9.59 Å². The molecule has 0 unspecified atom stereocenters. The Morgan fingerprint density at radius 2 is 1.75 bits per heavy atom. The molecular weight excluding hydrogens is 376 g/mol. The molecular formula is C21H21ClN4O2. The number of hydrogen-bond acceptors (Lipinski definition) is 3. The number of carbonyl (C=O) groups is 2. The van der Waals surface area contributed by atoms with Gasteiger partial charge in [0.15, 0.2) is 0 Å². The van der Waals surface area contributed by atoms with Crippen molar-refractivity contribution in [3.05, 3.63) is 71.5 Å². The van der Waals surface area contributed by atoms with Crippen LogP contribution in [-0.4, -0.2) is 27.0 Å². The van der Waals surface area contributed by atoms with Crippen LogP contribution in [0.1, 0.15) is 28.7 Å². The zero-order valence-electron chi connectivity index (χ0n) is 15.9. The van der Waals surface area contributed by atoms with Gasteiger partial charge in [-0.25, -0.2) is 4.68 Å². The number of anilines is 2. The lowest BCUT2D eigenvalue weighted by Gasteiger charge is -2.10. The number of carbonyl (C=O) groups excluding carboxylic acids is 2. The van der Waals surface area contributed by atoms with Gasteiger partial charge in [0.25, 0.3) is 5.91 Å². The van der Waals surface area contributed by atoms with Gasteiger partial charge in [0.05, 0.1) is 22.8 Å². The normalized spacial score (nSPS) is 11.7. The number of nitrogens with one attached hydrogen (secondary N) is 2. The van der Waals surface area contributed by atoms with Crippen molar-refractivity contribution >= 4 is 34.8 Å². The molecule has 0 fully saturated rings. The summed E-state index contributed by atoms with van der Waals surface area (Å²) in [7, 11) is 0. The second-order valence-corrected chi connectivity index (χ2v) is 7.09. The van der Waals surface area contributed by atoms with Crippen molar-refractivity contribution in [2.45, 2.75) is 26.1 Å². The van der Waals surface area contributed by atoms with Crippen molar-refractivity contribution in [1.29, 1.82) is 0 Å². The van der Waals surface area contributed by atoms with Crippen LogP contribution >= 0.6 is 11.6 Å². The van der Waals surface area contributed by atoms with Gasteiger partial charge < -0.3 is 10.6 Å². The number of aryl methyl sites for hydroxylation is 1. The largest absolute Gasteiger partial charge is 0.325 e. The van der Waals surface area contributed by atoms with Gasteiger partial charge in [-0.15, -0.1) is 11.6 Å². The average Bonchev–Trinajstić information content (AvgIpc) is 2.97. The van der Waals surface area contributed by atoms with E-state index in [2.05, 4.69) is 15.7 Å². The molecule has 1 atom stereocenters. The van der Waals surface area contributed by atoms with Gasteiger partial charge in [-0.2, -0.15) is 5.10 Å². The van der Waals surface area contributed by atoms with Crippen molar-refractivity contribution in [1.82, 2.24) is 9.78 Å². The van der Waals surface area contributed by atoms with Crippen LogP contribution in [0.4, 0.5) is 11.4 Å². The van der Waals surface area contributed by atoms with Gasteiger partial charge in [0, 0.05) is 11.3 Å². The van der Waals surface area contributed by atoms with Crippen molar-refractivity contribution in [2.75, 3.05) is 10.6 Å². The summed E-state index contributed by atoms with van der Waals surface area (Å²) in [6, 6.07) is 16.4. The number of nitrogens with zero attached hydrogens (tertiary/aromatic N) is 2. The van der Waals surface area contributed by atoms with E-state index < -0.39 is 5.38 Å². The molecule has 0 aliphatic heterocycles. The third kappa shape index (κ3) is 4.23. The molecule has 1 heterocycles. The topological polar surface area (TPSA) is 76.0 Å². The molecule has 0 bridgehead atoms. The van der Waals surface area contributed by atoms with E-state index in [0.717, 1.165) is 17.1 Å². The molecule has 7 heteroatoms. The fraction of sp³-hybridized carbons (Fsp3) is 0.190. The minimum absolute atomic E-state index is 0.283. The first kappa shape index (κ1) is 19.6. The Hall–Kier alpha value is -3.12. The molecule has 2 N–H and O–H groups in total. The SMILES string of the molecule is Cc1nn(-c2ccccc2)c(C)c1NC(=O)c1cccc(NC(=O)[C@H](C)Cl)c1. The first-order chi connectivity index (χ1) is 13.4. The predicted octanol–water partition coefficient (Wildman–Crippen LogP) is 4.31. The maximum atomic E-state index is 12.7. The van der Waals surface area contributed by atoms with E-state index in [1.54, 1.807) is 35.9 Å². The van der Waals surface area contributed by atoms with Crippen LogP contribution in [-0.2, 0) is 4.79 Å². The van der Waals surface area contributed by atoms with Gasteiger partial charge in [-0.1, -0.05) is 24.3 Å². The Bertz CT molecular complexity index is 1010. The number of rotatable bonds is 5. The smallest absolute Gasteiger partial charge is 0.255 e. The summed E-state index contributed by atoms with van der Waals surface area (Å²) in [6.45, 7) is 5.34. The van der Waals surface area contributed by atoms with E-state index in [4.69, 9.17) is 11.6 Å². The average molecular weight is 397 g/mol. The van der Waals surface area contributed by atoms with Gasteiger partial charge in [-0.3, -0.25) is 9.59 Å². The van der Waals surface area contributed by atoms with Crippen molar-refractivity contribution in [3.8, 4) is 5.69 Å². The zero-order chi connectivity index (χ0) is 20.3. The molecule has 2 aromatic carbocycles. The number of aromatic nitrogens is 2. The fourth-order valence-corrected chi connectivity index (χ4v) is 2.86. The van der Waals surface area contributed by atoms with Gasteiger partial charge in [-0.05, 0) is 51.1 Å². The minimum Gasteiger partial charge on any atom is -0.325 e. The Balaban J connectivity index is 1.82. The Morgan fingerprint density at radius 3 is 2.43 bits per heavy atom. The summed E-state index contributed by atoms with van der Waals surface area (Å²) in [5.74, 6) is -0.608. The summed E-state index contributed by atoms with van der Waals surface area (Å²) in [6.07, 6.45) is 0. The molecule has 2 amide bonds. The first-order valence-electron chi connectivity index (χ1n) is 8.85. The molecule has 1 aromatic heterocycles. The third-order valence-electron chi connectivity index (χ3n) is 4.28. The van der Waals surface area contributed by atoms with Crippen molar-refractivity contribution in [3.63, 3.8) is 0 Å². The number of para-hydroxylation sites is 1. The van der Waals surface area contributed by atoms with E-state index in [0.29, 0.717) is 16.9 Å². The summed E-state index contributed by atoms with van der Waals surface area (Å²) >= 11 is 5.77. The third-order valence-corrected chi connectivity index (χ3v) is 4.48. The highest BCUT2D eigenvalue weighted by Gasteiger charge is 2.17. The van der Waals surface area contributed by atoms with Crippen LogP contribution in [0.3, 0.4) is 0 Å². The molecule has 3 rings (SSSR count). The summed E-state index contributed by atoms with van der Waals surface area (Å²) in [5.41, 5.74) is 4.07. The molecule has 0 radical (unpaired) electrons. The van der Waals surface area contributed by atoms with Crippen LogP contribution in [0.5, 0.6) is 0 Å². The van der Waals surface area contributed by atoms with E-state index >= 15 is 0 Å². The molecule has 144 valence electrons. The highest BCUT2D eigenvalue weighted by atomic mass is 35.5. The molecule has 0 saturated carbocycles. The number of hydrogen-bond donors (Lipinski definition) is 2. The lowest BCUT2D eigenvalue weighted by molar-refractivity contribution is -0.115. The summed E-state index contributed by atoms with van der Waals surface area (Å²) < 4.78 is 1.80. The number of benzene rings is 2. The highest BCUT2D eigenvalue weighted by Crippen LogP contribution is 2.24. The second kappa shape index (κ2) is 8.27. The van der Waals surface area contributed by atoms with Gasteiger partial charge >= 0.3 is 0 Å². The van der Waals surface area contributed by atoms with Gasteiger partial charge in [0.2, 0.25) is 5.91 Å². The minimum atomic E-state index is -0.661. The van der Waals surface area contributed by atoms with Crippen LogP contribution in [0.25, 0.3) is 5.69 Å². The zero-order valence-corrected chi connectivity index (χ0v) is 16.6. The van der Waals surface area contributed by atoms with Crippen LogP contribution < -0.4 is 10.6 Å². The van der Waals surface area contributed by atoms with Gasteiger partial charge in [0.1, 0.15) is 5.38 Å². The molecule has 0 spiro atoms. The molecule has 6 nitrogen and oxygen atoms in total. The summed E-state index contributed by atoms with van der Waals surface area (Å²) in [5, 5.41) is 9.48. The lowest BCUT2D eigenvalue weighted by atomic mass is 10.1. The van der Waals surface area contributed by atoms with E-state index in [1.165, 1.54) is 0 Å². The second-order valence-electron chi connectivity index (χ2n) is 6.43.